The van der Waals surface area contributed by atoms with Crippen molar-refractivity contribution in [3.8, 4) is 22.6 Å². The number of hydrogen-bond acceptors (Lipinski definition) is 12. The van der Waals surface area contributed by atoms with Crippen molar-refractivity contribution in [1.82, 2.24) is 14.5 Å². The Morgan fingerprint density at radius 3 is 2.23 bits per heavy atom. The Morgan fingerprint density at radius 2 is 1.64 bits per heavy atom. The van der Waals surface area contributed by atoms with Gasteiger partial charge in [0.15, 0.2) is 9.84 Å². The first-order chi connectivity index (χ1) is 28.7. The summed E-state index contributed by atoms with van der Waals surface area (Å²) in [6.45, 7) is 4.71. The van der Waals surface area contributed by atoms with Crippen LogP contribution in [0.15, 0.2) is 76.5 Å². The lowest BCUT2D eigenvalue weighted by molar-refractivity contribution is -0.0319. The average molecular weight is 886 g/mol. The quantitative estimate of drug-likeness (QED) is 0.160. The number of hydrogen-bond donors (Lipinski definition) is 4. The van der Waals surface area contributed by atoms with Crippen LogP contribution < -0.4 is 14.8 Å². The lowest BCUT2D eigenvalue weighted by Crippen LogP contribution is -2.48. The van der Waals surface area contributed by atoms with Gasteiger partial charge in [0.25, 0.3) is 0 Å². The molecule has 18 heteroatoms. The van der Waals surface area contributed by atoms with Gasteiger partial charge < -0.3 is 44.5 Å². The van der Waals surface area contributed by atoms with Gasteiger partial charge in [0.1, 0.15) is 29.8 Å². The van der Waals surface area contributed by atoms with Gasteiger partial charge in [0.05, 0.1) is 58.6 Å². The maximum Gasteiger partial charge on any atom is 0.408 e. The van der Waals surface area contributed by atoms with Gasteiger partial charge in [-0.2, -0.15) is 4.31 Å². The SMILES string of the molecule is COc1ccc(S(=O)(=O)N2CCC3(CC2)C[C@@H](N(C[C@H](O)COc2cccc(S(=O)(=O)C4(CO)CC4)c2)C(=O)O)CO3)cc1-c1ccc(C2(NC(=O)OC(C)(C)C)CC2)cc1. The fourth-order valence-electron chi connectivity index (χ4n) is 8.29. The molecular weight excluding hydrogens is 831 g/mol. The summed E-state index contributed by atoms with van der Waals surface area (Å²) >= 11 is 0. The summed E-state index contributed by atoms with van der Waals surface area (Å²) in [6, 6.07) is 17.5. The van der Waals surface area contributed by atoms with E-state index in [4.69, 9.17) is 18.9 Å². The van der Waals surface area contributed by atoms with Gasteiger partial charge in [-0.1, -0.05) is 30.3 Å². The zero-order valence-electron chi connectivity index (χ0n) is 34.8. The number of nitrogens with zero attached hydrogens (tertiary/aromatic N) is 2. The molecule has 2 atom stereocenters. The molecule has 1 spiro atoms. The van der Waals surface area contributed by atoms with E-state index in [-0.39, 0.29) is 48.4 Å². The normalized spacial score (nSPS) is 21.0. The molecular formula is C43H55N3O13S2. The third kappa shape index (κ3) is 9.34. The minimum absolute atomic E-state index is 0.000154. The molecule has 2 heterocycles. The molecule has 0 aromatic heterocycles. The van der Waals surface area contributed by atoms with E-state index < -0.39 is 72.3 Å². The summed E-state index contributed by atoms with van der Waals surface area (Å²) in [5.41, 5.74) is 0.341. The van der Waals surface area contributed by atoms with E-state index >= 15 is 0 Å². The highest BCUT2D eigenvalue weighted by Gasteiger charge is 2.55. The molecule has 3 aromatic rings. The van der Waals surface area contributed by atoms with Crippen molar-refractivity contribution < 1.29 is 60.7 Å². The van der Waals surface area contributed by atoms with Crippen LogP contribution in [0.4, 0.5) is 9.59 Å². The molecule has 4 N–H and O–H groups in total. The van der Waals surface area contributed by atoms with E-state index in [2.05, 4.69) is 5.32 Å². The van der Waals surface area contributed by atoms with E-state index in [0.29, 0.717) is 43.4 Å². The predicted octanol–water partition coefficient (Wildman–Crippen LogP) is 4.91. The highest BCUT2D eigenvalue weighted by molar-refractivity contribution is 7.93. The number of sulfonamides is 1. The Kier molecular flexibility index (Phi) is 12.2. The molecule has 2 aliphatic heterocycles. The molecule has 3 aromatic carbocycles. The van der Waals surface area contributed by atoms with E-state index in [9.17, 15) is 41.7 Å². The number of amides is 2. The zero-order valence-corrected chi connectivity index (χ0v) is 36.5. The summed E-state index contributed by atoms with van der Waals surface area (Å²) in [5, 5.41) is 33.6. The maximum absolute atomic E-state index is 14.1. The van der Waals surface area contributed by atoms with Crippen molar-refractivity contribution in [3.05, 3.63) is 72.3 Å². The number of ether oxygens (including phenoxy) is 4. The number of piperidine rings is 1. The monoisotopic (exact) mass is 885 g/mol. The van der Waals surface area contributed by atoms with E-state index in [1.807, 2.05) is 45.0 Å². The number of sulfone groups is 1. The van der Waals surface area contributed by atoms with Crippen LogP contribution in [0, 0.1) is 0 Å². The number of carbonyl (C=O) groups is 2. The predicted molar refractivity (Wildman–Crippen MR) is 223 cm³/mol. The number of rotatable bonds is 15. The molecule has 2 saturated carbocycles. The van der Waals surface area contributed by atoms with Gasteiger partial charge in [-0.25, -0.2) is 26.4 Å². The summed E-state index contributed by atoms with van der Waals surface area (Å²) in [7, 11) is -6.23. The summed E-state index contributed by atoms with van der Waals surface area (Å²) < 4.78 is 77.4. The van der Waals surface area contributed by atoms with E-state index in [1.54, 1.807) is 12.1 Å². The van der Waals surface area contributed by atoms with Crippen molar-refractivity contribution in [1.29, 1.82) is 0 Å². The number of aliphatic hydroxyl groups is 2. The number of nitrogens with one attached hydrogen (secondary N) is 1. The van der Waals surface area contributed by atoms with Crippen LogP contribution >= 0.6 is 0 Å². The Bertz CT molecular complexity index is 2330. The second-order valence-electron chi connectivity index (χ2n) is 17.6. The zero-order chi connectivity index (χ0) is 44.0. The van der Waals surface area contributed by atoms with Crippen LogP contribution in [0.3, 0.4) is 0 Å². The Labute approximate surface area is 356 Å². The van der Waals surface area contributed by atoms with E-state index in [1.165, 1.54) is 41.7 Å². The Hall–Kier alpha value is -4.46. The Balaban J connectivity index is 0.954. The first-order valence-electron chi connectivity index (χ1n) is 20.4. The minimum Gasteiger partial charge on any atom is -0.496 e. The Morgan fingerprint density at radius 1 is 0.951 bits per heavy atom. The molecule has 16 nitrogen and oxygen atoms in total. The fraction of sp³-hybridized carbons (Fsp3) is 0.535. The molecule has 0 radical (unpaired) electrons. The van der Waals surface area contributed by atoms with Crippen molar-refractivity contribution in [2.45, 2.75) is 109 Å². The maximum atomic E-state index is 14.1. The van der Waals surface area contributed by atoms with Crippen LogP contribution in [0.25, 0.3) is 11.1 Å². The summed E-state index contributed by atoms with van der Waals surface area (Å²) in [4.78, 5) is 26.2. The van der Waals surface area contributed by atoms with Crippen molar-refractivity contribution in [2.24, 2.45) is 0 Å². The molecule has 2 amide bonds. The van der Waals surface area contributed by atoms with Crippen LogP contribution in [-0.2, 0) is 34.9 Å². The van der Waals surface area contributed by atoms with E-state index in [0.717, 1.165) is 28.9 Å². The highest BCUT2D eigenvalue weighted by atomic mass is 32.2. The number of carboxylic acid groups (broad SMARTS) is 1. The number of methoxy groups -OCH3 is 1. The molecule has 0 unspecified atom stereocenters. The molecule has 332 valence electrons. The number of carbonyl (C=O) groups excluding carboxylic acids is 1. The van der Waals surface area contributed by atoms with Crippen LogP contribution in [0.1, 0.15) is 71.3 Å². The lowest BCUT2D eigenvalue weighted by Gasteiger charge is -2.38. The van der Waals surface area contributed by atoms with Gasteiger partial charge in [-0.15, -0.1) is 0 Å². The third-order valence-electron chi connectivity index (χ3n) is 12.2. The van der Waals surface area contributed by atoms with Crippen molar-refractivity contribution in [3.63, 3.8) is 0 Å². The van der Waals surface area contributed by atoms with Gasteiger partial charge in [-0.05, 0) is 113 Å². The fourth-order valence-corrected chi connectivity index (χ4v) is 11.6. The standard InChI is InChI=1S/C43H55N3O13S2/c1-40(2,3)59-38(49)44-43(16-17-43)30-10-8-29(9-11-30)36-23-35(12-13-37(36)56-4)61(54,55)45-20-18-41(19-21-45)24-31(26-58-41)46(39(50)51)25-32(48)27-57-33-6-5-7-34(22-33)60(52,53)42(28-47)14-15-42/h5-13,22-23,31-32,47-48H,14-21,24-28H2,1-4H3,(H,44,49)(H,50,51)/t31-,32+/m1/s1. The highest BCUT2D eigenvalue weighted by Crippen LogP contribution is 2.48. The molecule has 7 rings (SSSR count). The molecule has 4 aliphatic rings. The average Bonchev–Trinajstić information content (AvgIpc) is 4.16. The smallest absolute Gasteiger partial charge is 0.408 e. The number of aliphatic hydroxyl groups excluding tert-OH is 2. The minimum atomic E-state index is -3.95. The first-order valence-corrected chi connectivity index (χ1v) is 23.4. The molecule has 2 saturated heterocycles. The van der Waals surface area contributed by atoms with Gasteiger partial charge in [0, 0.05) is 18.7 Å². The molecule has 61 heavy (non-hydrogen) atoms. The van der Waals surface area contributed by atoms with Crippen molar-refractivity contribution in [2.75, 3.05) is 46.6 Å². The largest absolute Gasteiger partial charge is 0.496 e. The van der Waals surface area contributed by atoms with Crippen molar-refractivity contribution >= 4 is 32.0 Å². The van der Waals surface area contributed by atoms with Crippen LogP contribution in [-0.4, -0.2) is 128 Å². The topological polar surface area (TPSA) is 219 Å². The second-order valence-corrected chi connectivity index (χ2v) is 21.9. The van der Waals surface area contributed by atoms with Crippen LogP contribution in [0.5, 0.6) is 11.5 Å². The van der Waals surface area contributed by atoms with Gasteiger partial charge >= 0.3 is 12.2 Å². The lowest BCUT2D eigenvalue weighted by atomic mass is 9.88. The second kappa shape index (κ2) is 16.7. The van der Waals surface area contributed by atoms with Gasteiger partial charge in [0.2, 0.25) is 10.0 Å². The molecule has 2 aliphatic carbocycles. The third-order valence-corrected chi connectivity index (χ3v) is 16.6. The van der Waals surface area contributed by atoms with Crippen LogP contribution in [0.2, 0.25) is 0 Å². The number of benzene rings is 3. The summed E-state index contributed by atoms with van der Waals surface area (Å²) in [5.74, 6) is 0.672. The molecule has 0 bridgehead atoms. The summed E-state index contributed by atoms with van der Waals surface area (Å²) in [6.07, 6.45) is 0.256. The number of alkyl carbamates (subject to hydrolysis) is 1. The molecule has 4 fully saturated rings. The first kappa shape index (κ1) is 44.6. The van der Waals surface area contributed by atoms with Gasteiger partial charge in [-0.3, -0.25) is 0 Å².